The lowest BCUT2D eigenvalue weighted by molar-refractivity contribution is 0.622. The number of hydrogen-bond donors (Lipinski definition) is 1. The molecule has 1 aliphatic rings. The molecule has 3 rings (SSSR count). The SMILES string of the molecule is Cn1c2c(c3ccc(C#N)cc31)CNCC2. The molecule has 0 radical (unpaired) electrons. The number of nitrogens with zero attached hydrogens (tertiary/aromatic N) is 2. The molecule has 0 atom stereocenters. The first-order chi connectivity index (χ1) is 7.81. The van der Waals surface area contributed by atoms with Crippen molar-refractivity contribution in [1.29, 1.82) is 5.26 Å². The molecule has 16 heavy (non-hydrogen) atoms. The summed E-state index contributed by atoms with van der Waals surface area (Å²) in [5, 5.41) is 13.6. The second-order valence-electron chi connectivity index (χ2n) is 4.25. The van der Waals surface area contributed by atoms with Crippen molar-refractivity contribution in [3.8, 4) is 6.07 Å². The largest absolute Gasteiger partial charge is 0.347 e. The molecule has 0 amide bonds. The fraction of sp³-hybridized carbons (Fsp3) is 0.308. The number of rotatable bonds is 0. The zero-order valence-electron chi connectivity index (χ0n) is 9.25. The summed E-state index contributed by atoms with van der Waals surface area (Å²) < 4.78 is 2.23. The molecule has 80 valence electrons. The summed E-state index contributed by atoms with van der Waals surface area (Å²) in [5.74, 6) is 0. The molecule has 0 bridgehead atoms. The standard InChI is InChI=1S/C13H13N3/c1-16-12-4-5-15-8-11(12)10-3-2-9(7-14)6-13(10)16/h2-3,6,15H,4-5,8H2,1H3. The number of aryl methyl sites for hydroxylation is 1. The summed E-state index contributed by atoms with van der Waals surface area (Å²) >= 11 is 0. The third-order valence-corrected chi connectivity index (χ3v) is 3.41. The highest BCUT2D eigenvalue weighted by atomic mass is 15.0. The summed E-state index contributed by atoms with van der Waals surface area (Å²) in [7, 11) is 2.09. The van der Waals surface area contributed by atoms with Gasteiger partial charge in [-0.3, -0.25) is 0 Å². The average Bonchev–Trinajstić information content (AvgIpc) is 2.64. The molecule has 3 nitrogen and oxygen atoms in total. The maximum atomic E-state index is 8.92. The smallest absolute Gasteiger partial charge is 0.0992 e. The average molecular weight is 211 g/mol. The Hall–Kier alpha value is -1.79. The van der Waals surface area contributed by atoms with Crippen molar-refractivity contribution in [3.63, 3.8) is 0 Å². The molecule has 0 saturated heterocycles. The van der Waals surface area contributed by atoms with Crippen molar-refractivity contribution in [2.24, 2.45) is 7.05 Å². The zero-order valence-corrected chi connectivity index (χ0v) is 9.25. The first kappa shape index (κ1) is 9.44. The second-order valence-corrected chi connectivity index (χ2v) is 4.25. The second kappa shape index (κ2) is 3.36. The number of hydrogen-bond acceptors (Lipinski definition) is 2. The van der Waals surface area contributed by atoms with E-state index in [-0.39, 0.29) is 0 Å². The van der Waals surface area contributed by atoms with Crippen LogP contribution in [0.5, 0.6) is 0 Å². The quantitative estimate of drug-likeness (QED) is 0.720. The predicted octanol–water partition coefficient (Wildman–Crippen LogP) is 1.70. The molecule has 3 heteroatoms. The first-order valence-electron chi connectivity index (χ1n) is 5.52. The molecule has 1 aromatic heterocycles. The Balaban J connectivity index is 2.36. The Bertz CT molecular complexity index is 602. The van der Waals surface area contributed by atoms with E-state index in [0.29, 0.717) is 0 Å². The van der Waals surface area contributed by atoms with Crippen LogP contribution in [0, 0.1) is 11.3 Å². The normalized spacial score (nSPS) is 14.8. The Morgan fingerprint density at radius 3 is 3.12 bits per heavy atom. The summed E-state index contributed by atoms with van der Waals surface area (Å²) in [6.45, 7) is 1.99. The van der Waals surface area contributed by atoms with E-state index in [1.165, 1.54) is 22.2 Å². The van der Waals surface area contributed by atoms with Gasteiger partial charge in [0.2, 0.25) is 0 Å². The minimum absolute atomic E-state index is 0.735. The van der Waals surface area contributed by atoms with Gasteiger partial charge in [-0.25, -0.2) is 0 Å². The molecule has 0 spiro atoms. The highest BCUT2D eigenvalue weighted by Gasteiger charge is 2.17. The maximum Gasteiger partial charge on any atom is 0.0992 e. The summed E-state index contributed by atoms with van der Waals surface area (Å²) in [4.78, 5) is 0. The van der Waals surface area contributed by atoms with Crippen LogP contribution in [0.4, 0.5) is 0 Å². The van der Waals surface area contributed by atoms with Crippen LogP contribution in [-0.4, -0.2) is 11.1 Å². The molecule has 0 saturated carbocycles. The number of nitrogens with one attached hydrogen (secondary N) is 1. The Morgan fingerprint density at radius 1 is 1.44 bits per heavy atom. The minimum atomic E-state index is 0.735. The third kappa shape index (κ3) is 1.17. The number of nitriles is 1. The lowest BCUT2D eigenvalue weighted by Crippen LogP contribution is -2.24. The molecule has 1 aliphatic heterocycles. The lowest BCUT2D eigenvalue weighted by atomic mass is 10.1. The molecule has 2 heterocycles. The van der Waals surface area contributed by atoms with Gasteiger partial charge >= 0.3 is 0 Å². The molecule has 0 fully saturated rings. The van der Waals surface area contributed by atoms with E-state index in [0.717, 1.165) is 25.1 Å². The van der Waals surface area contributed by atoms with Gasteiger partial charge in [0.1, 0.15) is 0 Å². The van der Waals surface area contributed by atoms with Crippen molar-refractivity contribution in [3.05, 3.63) is 35.0 Å². The van der Waals surface area contributed by atoms with Gasteiger partial charge in [-0.1, -0.05) is 6.07 Å². The maximum absolute atomic E-state index is 8.92. The Kier molecular flexibility index (Phi) is 1.98. The fourth-order valence-corrected chi connectivity index (χ4v) is 2.57. The molecule has 0 aliphatic carbocycles. The zero-order chi connectivity index (χ0) is 11.1. The van der Waals surface area contributed by atoms with Gasteiger partial charge in [0.05, 0.1) is 11.6 Å². The van der Waals surface area contributed by atoms with Crippen molar-refractivity contribution in [2.75, 3.05) is 6.54 Å². The van der Waals surface area contributed by atoms with Crippen molar-refractivity contribution in [1.82, 2.24) is 9.88 Å². The van der Waals surface area contributed by atoms with Gasteiger partial charge in [-0.15, -0.1) is 0 Å². The third-order valence-electron chi connectivity index (χ3n) is 3.41. The summed E-state index contributed by atoms with van der Waals surface area (Å²) in [5.41, 5.74) is 4.71. The van der Waals surface area contributed by atoms with E-state index in [2.05, 4.69) is 29.1 Å². The van der Waals surface area contributed by atoms with E-state index >= 15 is 0 Å². The topological polar surface area (TPSA) is 40.8 Å². The highest BCUT2D eigenvalue weighted by molar-refractivity contribution is 5.86. The van der Waals surface area contributed by atoms with Crippen LogP contribution in [0.25, 0.3) is 10.9 Å². The van der Waals surface area contributed by atoms with Crippen LogP contribution in [0.15, 0.2) is 18.2 Å². The summed E-state index contributed by atoms with van der Waals surface area (Å²) in [6.07, 6.45) is 1.07. The number of fused-ring (bicyclic) bond motifs is 3. The molecular formula is C13H13N3. The number of benzene rings is 1. The van der Waals surface area contributed by atoms with E-state index in [9.17, 15) is 0 Å². The number of aromatic nitrogens is 1. The molecule has 0 unspecified atom stereocenters. The first-order valence-corrected chi connectivity index (χ1v) is 5.52. The van der Waals surface area contributed by atoms with Crippen LogP contribution >= 0.6 is 0 Å². The molecular weight excluding hydrogens is 198 g/mol. The molecule has 1 aromatic carbocycles. The molecule has 2 aromatic rings. The van der Waals surface area contributed by atoms with Crippen LogP contribution < -0.4 is 5.32 Å². The highest BCUT2D eigenvalue weighted by Crippen LogP contribution is 2.28. The predicted molar refractivity (Wildman–Crippen MR) is 63.0 cm³/mol. The van der Waals surface area contributed by atoms with Gasteiger partial charge in [0.15, 0.2) is 0 Å². The Labute approximate surface area is 94.3 Å². The van der Waals surface area contributed by atoms with Crippen LogP contribution in [-0.2, 0) is 20.0 Å². The minimum Gasteiger partial charge on any atom is -0.347 e. The van der Waals surface area contributed by atoms with Crippen LogP contribution in [0.2, 0.25) is 0 Å². The van der Waals surface area contributed by atoms with E-state index in [1.807, 2.05) is 12.1 Å². The van der Waals surface area contributed by atoms with Crippen LogP contribution in [0.1, 0.15) is 16.8 Å². The fourth-order valence-electron chi connectivity index (χ4n) is 2.57. The summed E-state index contributed by atoms with van der Waals surface area (Å²) in [6, 6.07) is 8.15. The van der Waals surface area contributed by atoms with E-state index < -0.39 is 0 Å². The van der Waals surface area contributed by atoms with E-state index in [4.69, 9.17) is 5.26 Å². The van der Waals surface area contributed by atoms with Crippen molar-refractivity contribution in [2.45, 2.75) is 13.0 Å². The van der Waals surface area contributed by atoms with Crippen molar-refractivity contribution >= 4 is 10.9 Å². The van der Waals surface area contributed by atoms with Gasteiger partial charge in [-0.2, -0.15) is 5.26 Å². The van der Waals surface area contributed by atoms with E-state index in [1.54, 1.807) is 0 Å². The van der Waals surface area contributed by atoms with Gasteiger partial charge < -0.3 is 9.88 Å². The lowest BCUT2D eigenvalue weighted by Gasteiger charge is -2.14. The van der Waals surface area contributed by atoms with Gasteiger partial charge in [0, 0.05) is 43.2 Å². The van der Waals surface area contributed by atoms with Gasteiger partial charge in [0.25, 0.3) is 0 Å². The monoisotopic (exact) mass is 211 g/mol. The molecule has 1 N–H and O–H groups in total. The van der Waals surface area contributed by atoms with Gasteiger partial charge in [-0.05, 0) is 17.7 Å². The van der Waals surface area contributed by atoms with Crippen molar-refractivity contribution < 1.29 is 0 Å². The van der Waals surface area contributed by atoms with Crippen LogP contribution in [0.3, 0.4) is 0 Å². The Morgan fingerprint density at radius 2 is 2.31 bits per heavy atom.